The maximum absolute atomic E-state index is 13.1. The second kappa shape index (κ2) is 5.50. The standard InChI is InChI=1S/C21H24N2O4/c1-20(2)8-14-9-21(3,10-20)11-23(14)19(24)15-7-17(27-22-15)13-4-5-16-18(6-13)26-12-25-16/h4-7,14H,8-12H2,1-3H3/t14-,21+/m0/s1. The second-order valence-electron chi connectivity index (χ2n) is 9.29. The first kappa shape index (κ1) is 16.7. The summed E-state index contributed by atoms with van der Waals surface area (Å²) in [6.45, 7) is 7.93. The summed E-state index contributed by atoms with van der Waals surface area (Å²) in [5.74, 6) is 1.93. The number of rotatable bonds is 2. The Morgan fingerprint density at radius 2 is 1.96 bits per heavy atom. The number of carbonyl (C=O) groups is 1. The lowest BCUT2D eigenvalue weighted by molar-refractivity contribution is 0.0698. The number of likely N-dealkylation sites (tertiary alicyclic amines) is 1. The van der Waals surface area contributed by atoms with Crippen LogP contribution in [0.2, 0.25) is 0 Å². The lowest BCUT2D eigenvalue weighted by Crippen LogP contribution is -2.37. The van der Waals surface area contributed by atoms with Crippen LogP contribution in [0.15, 0.2) is 28.8 Å². The fourth-order valence-electron chi connectivity index (χ4n) is 5.41. The smallest absolute Gasteiger partial charge is 0.276 e. The Balaban J connectivity index is 1.39. The van der Waals surface area contributed by atoms with Crippen molar-refractivity contribution in [3.8, 4) is 22.8 Å². The molecule has 5 rings (SSSR count). The fourth-order valence-corrected chi connectivity index (χ4v) is 5.41. The minimum atomic E-state index is -0.0304. The molecule has 0 radical (unpaired) electrons. The van der Waals surface area contributed by atoms with Gasteiger partial charge in [0.2, 0.25) is 6.79 Å². The highest BCUT2D eigenvalue weighted by Gasteiger charge is 2.51. The first-order chi connectivity index (χ1) is 12.8. The van der Waals surface area contributed by atoms with Crippen molar-refractivity contribution >= 4 is 5.91 Å². The van der Waals surface area contributed by atoms with Crippen molar-refractivity contribution in [1.29, 1.82) is 0 Å². The zero-order valence-electron chi connectivity index (χ0n) is 15.9. The molecule has 6 nitrogen and oxygen atoms in total. The van der Waals surface area contributed by atoms with Crippen molar-refractivity contribution in [2.75, 3.05) is 13.3 Å². The van der Waals surface area contributed by atoms with Gasteiger partial charge >= 0.3 is 0 Å². The summed E-state index contributed by atoms with van der Waals surface area (Å²) < 4.78 is 16.2. The fraction of sp³-hybridized carbons (Fsp3) is 0.524. The maximum atomic E-state index is 13.1. The normalized spacial score (nSPS) is 27.8. The van der Waals surface area contributed by atoms with E-state index in [4.69, 9.17) is 14.0 Å². The molecule has 0 unspecified atom stereocenters. The summed E-state index contributed by atoms with van der Waals surface area (Å²) in [6.07, 6.45) is 3.28. The molecular weight excluding hydrogens is 344 g/mol. The van der Waals surface area contributed by atoms with Gasteiger partial charge in [-0.15, -0.1) is 0 Å². The minimum absolute atomic E-state index is 0.0304. The highest BCUT2D eigenvalue weighted by molar-refractivity contribution is 5.93. The Kier molecular flexibility index (Phi) is 3.39. The van der Waals surface area contributed by atoms with Crippen molar-refractivity contribution in [1.82, 2.24) is 10.1 Å². The van der Waals surface area contributed by atoms with E-state index in [1.54, 1.807) is 6.07 Å². The van der Waals surface area contributed by atoms with Gasteiger partial charge in [0.1, 0.15) is 0 Å². The molecule has 1 saturated heterocycles. The Labute approximate surface area is 158 Å². The van der Waals surface area contributed by atoms with E-state index in [1.165, 1.54) is 0 Å². The van der Waals surface area contributed by atoms with Gasteiger partial charge in [-0.1, -0.05) is 25.9 Å². The molecule has 1 amide bonds. The van der Waals surface area contributed by atoms with Crippen molar-refractivity contribution in [2.24, 2.45) is 10.8 Å². The molecule has 27 heavy (non-hydrogen) atoms. The summed E-state index contributed by atoms with van der Waals surface area (Å²) in [7, 11) is 0. The second-order valence-corrected chi connectivity index (χ2v) is 9.29. The third-order valence-electron chi connectivity index (χ3n) is 6.06. The van der Waals surface area contributed by atoms with E-state index in [-0.39, 0.29) is 29.6 Å². The predicted octanol–water partition coefficient (Wildman–Crippen LogP) is 4.11. The molecule has 6 heteroatoms. The number of hydrogen-bond donors (Lipinski definition) is 0. The summed E-state index contributed by atoms with van der Waals surface area (Å²) in [6, 6.07) is 7.60. The van der Waals surface area contributed by atoms with Crippen molar-refractivity contribution < 1.29 is 18.8 Å². The van der Waals surface area contributed by atoms with Gasteiger partial charge in [0.25, 0.3) is 5.91 Å². The van der Waals surface area contributed by atoms with Crippen LogP contribution in [0, 0.1) is 10.8 Å². The zero-order chi connectivity index (χ0) is 18.8. The Morgan fingerprint density at radius 1 is 1.15 bits per heavy atom. The molecule has 1 aliphatic carbocycles. The molecule has 2 bridgehead atoms. The first-order valence-corrected chi connectivity index (χ1v) is 9.50. The number of amides is 1. The molecule has 2 aromatic rings. The topological polar surface area (TPSA) is 64.8 Å². The zero-order valence-corrected chi connectivity index (χ0v) is 15.9. The third kappa shape index (κ3) is 2.78. The van der Waals surface area contributed by atoms with Gasteiger partial charge in [0, 0.05) is 24.2 Å². The van der Waals surface area contributed by atoms with Gasteiger partial charge in [-0.3, -0.25) is 4.79 Å². The predicted molar refractivity (Wildman–Crippen MR) is 98.6 cm³/mol. The summed E-state index contributed by atoms with van der Waals surface area (Å²) in [5.41, 5.74) is 1.66. The van der Waals surface area contributed by atoms with E-state index < -0.39 is 0 Å². The van der Waals surface area contributed by atoms with E-state index in [1.807, 2.05) is 23.1 Å². The van der Waals surface area contributed by atoms with Gasteiger partial charge in [0.15, 0.2) is 23.0 Å². The summed E-state index contributed by atoms with van der Waals surface area (Å²) >= 11 is 0. The van der Waals surface area contributed by atoms with E-state index >= 15 is 0 Å². The molecule has 2 fully saturated rings. The monoisotopic (exact) mass is 368 g/mol. The molecule has 3 heterocycles. The van der Waals surface area contributed by atoms with Gasteiger partial charge in [-0.25, -0.2) is 0 Å². The summed E-state index contributed by atoms with van der Waals surface area (Å²) in [5, 5.41) is 4.07. The number of fused-ring (bicyclic) bond motifs is 3. The van der Waals surface area contributed by atoms with Gasteiger partial charge < -0.3 is 18.9 Å². The number of benzene rings is 1. The molecule has 0 N–H and O–H groups in total. The quantitative estimate of drug-likeness (QED) is 0.798. The minimum Gasteiger partial charge on any atom is -0.454 e. The Morgan fingerprint density at radius 3 is 2.81 bits per heavy atom. The average Bonchev–Trinajstić information content (AvgIpc) is 3.29. The lowest BCUT2D eigenvalue weighted by atomic mass is 9.65. The van der Waals surface area contributed by atoms with Crippen LogP contribution in [-0.4, -0.2) is 35.3 Å². The SMILES string of the molecule is CC1(C)C[C@H]2C[C@@](C)(CN2C(=O)c2cc(-c3ccc4c(c3)OCO4)on2)C1. The van der Waals surface area contributed by atoms with Crippen molar-refractivity contribution in [2.45, 2.75) is 46.1 Å². The molecule has 1 aromatic carbocycles. The number of carbonyl (C=O) groups excluding carboxylic acids is 1. The van der Waals surface area contributed by atoms with Crippen LogP contribution in [0.4, 0.5) is 0 Å². The average molecular weight is 368 g/mol. The first-order valence-electron chi connectivity index (χ1n) is 9.50. The largest absolute Gasteiger partial charge is 0.454 e. The number of nitrogens with zero attached hydrogens (tertiary/aromatic N) is 2. The molecule has 142 valence electrons. The molecule has 2 aliphatic heterocycles. The van der Waals surface area contributed by atoms with Gasteiger partial charge in [0.05, 0.1) is 0 Å². The Bertz CT molecular complexity index is 919. The lowest BCUT2D eigenvalue weighted by Gasteiger charge is -2.39. The van der Waals surface area contributed by atoms with Crippen LogP contribution >= 0.6 is 0 Å². The number of ether oxygens (including phenoxy) is 2. The van der Waals surface area contributed by atoms with E-state index in [9.17, 15) is 4.79 Å². The van der Waals surface area contributed by atoms with E-state index in [2.05, 4.69) is 25.9 Å². The third-order valence-corrected chi connectivity index (χ3v) is 6.06. The van der Waals surface area contributed by atoms with Gasteiger partial charge in [-0.05, 0) is 48.3 Å². The van der Waals surface area contributed by atoms with E-state index in [0.717, 1.165) is 37.1 Å². The van der Waals surface area contributed by atoms with Gasteiger partial charge in [-0.2, -0.15) is 0 Å². The molecule has 3 aliphatic rings. The van der Waals surface area contributed by atoms with Crippen LogP contribution < -0.4 is 9.47 Å². The molecule has 0 spiro atoms. The van der Waals surface area contributed by atoms with E-state index in [0.29, 0.717) is 17.2 Å². The van der Waals surface area contributed by atoms with Crippen LogP contribution in [-0.2, 0) is 0 Å². The van der Waals surface area contributed by atoms with Crippen LogP contribution in [0.25, 0.3) is 11.3 Å². The highest BCUT2D eigenvalue weighted by atomic mass is 16.7. The molecule has 2 atom stereocenters. The molecule has 1 aromatic heterocycles. The molecule has 1 saturated carbocycles. The Hall–Kier alpha value is -2.50. The number of aromatic nitrogens is 1. The van der Waals surface area contributed by atoms with Crippen LogP contribution in [0.3, 0.4) is 0 Å². The van der Waals surface area contributed by atoms with Crippen molar-refractivity contribution in [3.05, 3.63) is 30.0 Å². The van der Waals surface area contributed by atoms with Crippen LogP contribution in [0.5, 0.6) is 11.5 Å². The number of hydrogen-bond acceptors (Lipinski definition) is 5. The van der Waals surface area contributed by atoms with Crippen molar-refractivity contribution in [3.63, 3.8) is 0 Å². The summed E-state index contributed by atoms with van der Waals surface area (Å²) in [4.78, 5) is 15.1. The van der Waals surface area contributed by atoms with Crippen LogP contribution in [0.1, 0.15) is 50.5 Å². The highest BCUT2D eigenvalue weighted by Crippen LogP contribution is 2.52. The maximum Gasteiger partial charge on any atom is 0.276 e. The molecular formula is C21H24N2O4.